The van der Waals surface area contributed by atoms with E-state index in [4.69, 9.17) is 4.42 Å². The van der Waals surface area contributed by atoms with Crippen LogP contribution >= 0.6 is 11.8 Å². The second-order valence-electron chi connectivity index (χ2n) is 5.76. The lowest BCUT2D eigenvalue weighted by atomic mass is 10.1. The Morgan fingerprint density at radius 3 is 2.44 bits per heavy atom. The number of hydrogen-bond acceptors (Lipinski definition) is 6. The molecule has 0 amide bonds. The van der Waals surface area contributed by atoms with Crippen LogP contribution in [0.25, 0.3) is 11.5 Å². The number of aromatic nitrogens is 2. The third-order valence-electron chi connectivity index (χ3n) is 3.90. The number of nitrogens with zero attached hydrogens (tertiary/aromatic N) is 3. The van der Waals surface area contributed by atoms with Gasteiger partial charge in [-0.05, 0) is 56.2 Å². The van der Waals surface area contributed by atoms with Crippen molar-refractivity contribution >= 4 is 17.4 Å². The number of non-ortho nitro benzene ring substituents is 1. The Kier molecular flexibility index (Phi) is 4.85. The van der Waals surface area contributed by atoms with Crippen molar-refractivity contribution in [3.63, 3.8) is 0 Å². The molecule has 0 aliphatic heterocycles. The Balaban J connectivity index is 1.75. The van der Waals surface area contributed by atoms with Crippen molar-refractivity contribution in [3.8, 4) is 11.5 Å². The van der Waals surface area contributed by atoms with Crippen LogP contribution in [0.4, 0.5) is 5.69 Å². The maximum atomic E-state index is 10.7. The molecule has 0 N–H and O–H groups in total. The van der Waals surface area contributed by atoms with Gasteiger partial charge in [-0.3, -0.25) is 10.1 Å². The van der Waals surface area contributed by atoms with Crippen molar-refractivity contribution < 1.29 is 9.34 Å². The van der Waals surface area contributed by atoms with Crippen molar-refractivity contribution in [1.82, 2.24) is 10.2 Å². The van der Waals surface area contributed by atoms with Gasteiger partial charge in [-0.2, -0.15) is 0 Å². The molecule has 6 nitrogen and oxygen atoms in total. The van der Waals surface area contributed by atoms with E-state index in [9.17, 15) is 10.1 Å². The molecule has 0 bridgehead atoms. The Hall–Kier alpha value is -2.67. The van der Waals surface area contributed by atoms with E-state index in [1.807, 2.05) is 6.92 Å². The molecule has 0 radical (unpaired) electrons. The molecule has 7 heteroatoms. The van der Waals surface area contributed by atoms with Gasteiger partial charge >= 0.3 is 0 Å². The zero-order valence-corrected chi connectivity index (χ0v) is 14.9. The summed E-state index contributed by atoms with van der Waals surface area (Å²) in [5, 5.41) is 18.9. The van der Waals surface area contributed by atoms with E-state index in [1.165, 1.54) is 23.3 Å². The average Bonchev–Trinajstić information content (AvgIpc) is 3.08. The van der Waals surface area contributed by atoms with E-state index in [0.29, 0.717) is 17.3 Å². The second-order valence-corrected chi connectivity index (χ2v) is 7.17. The van der Waals surface area contributed by atoms with E-state index >= 15 is 0 Å². The molecule has 0 saturated heterocycles. The standard InChI is InChI=1S/C18H17N3O3S/c1-11-4-9-16(10-12(11)2)25-13(3)17-19-20-18(24-17)14-5-7-15(8-6-14)21(22)23/h4-10,13H,1-3H3/t13-/m0/s1. The third kappa shape index (κ3) is 3.88. The average molecular weight is 355 g/mol. The van der Waals surface area contributed by atoms with Crippen LogP contribution in [0.2, 0.25) is 0 Å². The van der Waals surface area contributed by atoms with E-state index in [-0.39, 0.29) is 10.9 Å². The normalized spacial score (nSPS) is 12.1. The molecule has 0 saturated carbocycles. The molecule has 1 heterocycles. The SMILES string of the molecule is Cc1ccc(S[C@@H](C)c2nnc(-c3ccc([N+](=O)[O-])cc3)o2)cc1C. The van der Waals surface area contributed by atoms with E-state index < -0.39 is 4.92 Å². The predicted octanol–water partition coefficient (Wildman–Crippen LogP) is 5.11. The van der Waals surface area contributed by atoms with Crippen LogP contribution in [0, 0.1) is 24.0 Å². The van der Waals surface area contributed by atoms with Crippen molar-refractivity contribution in [2.24, 2.45) is 0 Å². The van der Waals surface area contributed by atoms with Gasteiger partial charge in [-0.1, -0.05) is 6.07 Å². The fraction of sp³-hybridized carbons (Fsp3) is 0.222. The highest BCUT2D eigenvalue weighted by atomic mass is 32.2. The molecule has 3 aromatic rings. The molecule has 25 heavy (non-hydrogen) atoms. The van der Waals surface area contributed by atoms with Crippen LogP contribution in [0.1, 0.15) is 29.2 Å². The number of nitro benzene ring substituents is 1. The number of rotatable bonds is 5. The molecule has 128 valence electrons. The highest BCUT2D eigenvalue weighted by molar-refractivity contribution is 7.99. The first-order chi connectivity index (χ1) is 11.9. The Morgan fingerprint density at radius 1 is 1.08 bits per heavy atom. The molecule has 0 spiro atoms. The van der Waals surface area contributed by atoms with Gasteiger partial charge in [-0.25, -0.2) is 0 Å². The monoisotopic (exact) mass is 355 g/mol. The summed E-state index contributed by atoms with van der Waals surface area (Å²) in [6.07, 6.45) is 0. The van der Waals surface area contributed by atoms with E-state index in [1.54, 1.807) is 23.9 Å². The number of aryl methyl sites for hydroxylation is 2. The summed E-state index contributed by atoms with van der Waals surface area (Å²) in [5.41, 5.74) is 3.19. The zero-order chi connectivity index (χ0) is 18.0. The highest BCUT2D eigenvalue weighted by Gasteiger charge is 2.17. The van der Waals surface area contributed by atoms with Crippen LogP contribution in [0.3, 0.4) is 0 Å². The van der Waals surface area contributed by atoms with Gasteiger partial charge in [0.2, 0.25) is 11.8 Å². The van der Waals surface area contributed by atoms with Crippen molar-refractivity contribution in [2.75, 3.05) is 0 Å². The van der Waals surface area contributed by atoms with Gasteiger partial charge in [0.25, 0.3) is 5.69 Å². The van der Waals surface area contributed by atoms with Crippen LogP contribution in [0.15, 0.2) is 51.8 Å². The zero-order valence-electron chi connectivity index (χ0n) is 14.1. The van der Waals surface area contributed by atoms with Crippen LogP contribution < -0.4 is 0 Å². The maximum absolute atomic E-state index is 10.7. The van der Waals surface area contributed by atoms with Crippen molar-refractivity contribution in [2.45, 2.75) is 30.9 Å². The minimum Gasteiger partial charge on any atom is -0.419 e. The van der Waals surface area contributed by atoms with Crippen LogP contribution in [-0.2, 0) is 0 Å². The molecular weight excluding hydrogens is 338 g/mol. The minimum absolute atomic E-state index is 0.00130. The largest absolute Gasteiger partial charge is 0.419 e. The molecule has 2 aromatic carbocycles. The lowest BCUT2D eigenvalue weighted by Crippen LogP contribution is -1.89. The summed E-state index contributed by atoms with van der Waals surface area (Å²) in [7, 11) is 0. The summed E-state index contributed by atoms with van der Waals surface area (Å²) < 4.78 is 5.75. The molecule has 1 aromatic heterocycles. The van der Waals surface area contributed by atoms with Crippen LogP contribution in [-0.4, -0.2) is 15.1 Å². The molecule has 0 fully saturated rings. The second kappa shape index (κ2) is 7.06. The molecule has 3 rings (SSSR count). The quantitative estimate of drug-likeness (QED) is 0.359. The number of nitro groups is 1. The van der Waals surface area contributed by atoms with Gasteiger partial charge in [0.05, 0.1) is 10.2 Å². The first-order valence-corrected chi connectivity index (χ1v) is 8.64. The fourth-order valence-corrected chi connectivity index (χ4v) is 3.28. The Bertz CT molecular complexity index is 906. The summed E-state index contributed by atoms with van der Waals surface area (Å²) in [6.45, 7) is 6.18. The van der Waals surface area contributed by atoms with E-state index in [0.717, 1.165) is 4.90 Å². The van der Waals surface area contributed by atoms with E-state index in [2.05, 4.69) is 42.2 Å². The first-order valence-electron chi connectivity index (χ1n) is 7.76. The third-order valence-corrected chi connectivity index (χ3v) is 4.99. The van der Waals surface area contributed by atoms with Gasteiger partial charge in [0, 0.05) is 22.6 Å². The molecule has 0 aliphatic rings. The maximum Gasteiger partial charge on any atom is 0.269 e. The lowest BCUT2D eigenvalue weighted by molar-refractivity contribution is -0.384. The number of benzene rings is 2. The van der Waals surface area contributed by atoms with Gasteiger partial charge in [0.1, 0.15) is 0 Å². The van der Waals surface area contributed by atoms with Crippen molar-refractivity contribution in [1.29, 1.82) is 0 Å². The van der Waals surface area contributed by atoms with Crippen LogP contribution in [0.5, 0.6) is 0 Å². The Morgan fingerprint density at radius 2 is 1.80 bits per heavy atom. The molecular formula is C18H17N3O3S. The number of hydrogen-bond donors (Lipinski definition) is 0. The molecule has 0 aliphatic carbocycles. The molecule has 1 atom stereocenters. The van der Waals surface area contributed by atoms with Gasteiger partial charge < -0.3 is 4.42 Å². The van der Waals surface area contributed by atoms with Gasteiger partial charge in [0.15, 0.2) is 0 Å². The predicted molar refractivity (Wildman–Crippen MR) is 96.6 cm³/mol. The van der Waals surface area contributed by atoms with Gasteiger partial charge in [-0.15, -0.1) is 22.0 Å². The summed E-state index contributed by atoms with van der Waals surface area (Å²) in [6, 6.07) is 12.4. The topological polar surface area (TPSA) is 82.1 Å². The highest BCUT2D eigenvalue weighted by Crippen LogP contribution is 2.35. The van der Waals surface area contributed by atoms with Crippen molar-refractivity contribution in [3.05, 3.63) is 69.6 Å². The smallest absolute Gasteiger partial charge is 0.269 e. The summed E-state index contributed by atoms with van der Waals surface area (Å²) in [5.74, 6) is 0.883. The minimum atomic E-state index is -0.439. The Labute approximate surface area is 149 Å². The summed E-state index contributed by atoms with van der Waals surface area (Å²) >= 11 is 1.65. The molecule has 0 unspecified atom stereocenters. The fourth-order valence-electron chi connectivity index (χ4n) is 2.28. The lowest BCUT2D eigenvalue weighted by Gasteiger charge is -2.08. The first kappa shape index (κ1) is 17.2. The summed E-state index contributed by atoms with van der Waals surface area (Å²) in [4.78, 5) is 11.4. The number of thioether (sulfide) groups is 1.